The van der Waals surface area contributed by atoms with Gasteiger partial charge in [0.2, 0.25) is 11.6 Å². The van der Waals surface area contributed by atoms with Crippen molar-refractivity contribution < 1.29 is 14.1 Å². The molecule has 1 aliphatic rings. The Kier molecular flexibility index (Phi) is 6.01. The van der Waals surface area contributed by atoms with E-state index in [9.17, 15) is 19.3 Å². The zero-order chi connectivity index (χ0) is 22.5. The van der Waals surface area contributed by atoms with Crippen LogP contribution in [0.5, 0.6) is 0 Å². The van der Waals surface area contributed by atoms with Crippen molar-refractivity contribution in [2.75, 3.05) is 41.4 Å². The largest absolute Gasteiger partial charge is 0.366 e. The van der Waals surface area contributed by atoms with Crippen molar-refractivity contribution >= 4 is 28.9 Å². The molecule has 2 N–H and O–H groups in total. The van der Waals surface area contributed by atoms with Crippen molar-refractivity contribution in [3.05, 3.63) is 76.6 Å². The van der Waals surface area contributed by atoms with Crippen LogP contribution in [0, 0.1) is 15.9 Å². The molecule has 0 radical (unpaired) electrons. The zero-order valence-corrected chi connectivity index (χ0v) is 16.8. The molecule has 1 aliphatic heterocycles. The standard InChI is InChI=1S/C20H19FN8O3/c21-15-5-1-2-6-16(15)27-8-10-28(11-9-27)19-17(29(31)32)18(23-13-24-19)25-26-20(30)14-4-3-7-22-12-14/h1-7,12-13H,8-11H2,(H,26,30)(H,23,24,25). The van der Waals surface area contributed by atoms with Gasteiger partial charge >= 0.3 is 5.69 Å². The summed E-state index contributed by atoms with van der Waals surface area (Å²) in [6.45, 7) is 1.71. The topological polar surface area (TPSA) is 129 Å². The molecule has 164 valence electrons. The van der Waals surface area contributed by atoms with Crippen LogP contribution in [0.2, 0.25) is 0 Å². The molecule has 3 heterocycles. The molecule has 0 aliphatic carbocycles. The molecule has 1 fully saturated rings. The summed E-state index contributed by atoms with van der Waals surface area (Å²) in [5, 5.41) is 11.8. The number of carbonyl (C=O) groups is 1. The number of halogens is 1. The van der Waals surface area contributed by atoms with Crippen molar-refractivity contribution in [1.29, 1.82) is 0 Å². The molecule has 0 atom stereocenters. The van der Waals surface area contributed by atoms with E-state index in [0.29, 0.717) is 31.9 Å². The summed E-state index contributed by atoms with van der Waals surface area (Å²) in [4.78, 5) is 38.9. The number of aromatic nitrogens is 3. The number of hydrogen-bond donors (Lipinski definition) is 2. The number of piperazine rings is 1. The second-order valence-electron chi connectivity index (χ2n) is 6.90. The second-order valence-corrected chi connectivity index (χ2v) is 6.90. The third kappa shape index (κ3) is 4.38. The minimum absolute atomic E-state index is 0.122. The summed E-state index contributed by atoms with van der Waals surface area (Å²) in [5.41, 5.74) is 5.30. The van der Waals surface area contributed by atoms with E-state index in [0.717, 1.165) is 0 Å². The highest BCUT2D eigenvalue weighted by Gasteiger charge is 2.30. The second kappa shape index (κ2) is 9.20. The van der Waals surface area contributed by atoms with E-state index in [4.69, 9.17) is 0 Å². The van der Waals surface area contributed by atoms with Crippen LogP contribution in [0.4, 0.5) is 27.4 Å². The van der Waals surface area contributed by atoms with Crippen LogP contribution in [0.25, 0.3) is 0 Å². The number of anilines is 3. The van der Waals surface area contributed by atoms with E-state index in [1.165, 1.54) is 24.8 Å². The predicted octanol–water partition coefficient (Wildman–Crippen LogP) is 2.00. The maximum Gasteiger partial charge on any atom is 0.355 e. The molecule has 12 heteroatoms. The Morgan fingerprint density at radius 3 is 2.50 bits per heavy atom. The summed E-state index contributed by atoms with van der Waals surface area (Å²) in [6, 6.07) is 9.64. The van der Waals surface area contributed by atoms with E-state index in [1.54, 1.807) is 35.2 Å². The first-order valence-corrected chi connectivity index (χ1v) is 9.75. The van der Waals surface area contributed by atoms with Gasteiger partial charge in [-0.1, -0.05) is 12.1 Å². The van der Waals surface area contributed by atoms with E-state index < -0.39 is 10.8 Å². The van der Waals surface area contributed by atoms with E-state index in [2.05, 4.69) is 25.8 Å². The Bertz CT molecular complexity index is 1120. The van der Waals surface area contributed by atoms with Gasteiger partial charge in [0.1, 0.15) is 12.1 Å². The van der Waals surface area contributed by atoms with E-state index >= 15 is 0 Å². The summed E-state index contributed by atoms with van der Waals surface area (Å²) in [6.07, 6.45) is 4.08. The van der Waals surface area contributed by atoms with Crippen molar-refractivity contribution in [2.45, 2.75) is 0 Å². The number of hydrogen-bond acceptors (Lipinski definition) is 9. The predicted molar refractivity (Wildman–Crippen MR) is 115 cm³/mol. The Hall–Kier alpha value is -4.35. The average Bonchev–Trinajstić information content (AvgIpc) is 2.83. The first kappa shape index (κ1) is 20.9. The Morgan fingerprint density at radius 2 is 1.81 bits per heavy atom. The minimum Gasteiger partial charge on any atom is -0.366 e. The van der Waals surface area contributed by atoms with Crippen LogP contribution >= 0.6 is 0 Å². The fraction of sp³-hybridized carbons (Fsp3) is 0.200. The molecule has 1 saturated heterocycles. The lowest BCUT2D eigenvalue weighted by molar-refractivity contribution is -0.383. The minimum atomic E-state index is -0.600. The maximum absolute atomic E-state index is 14.1. The molecule has 1 amide bonds. The summed E-state index contributed by atoms with van der Waals surface area (Å²) < 4.78 is 14.1. The van der Waals surface area contributed by atoms with Crippen molar-refractivity contribution in [1.82, 2.24) is 20.4 Å². The molecular formula is C20H19FN8O3. The quantitative estimate of drug-likeness (QED) is 0.438. The van der Waals surface area contributed by atoms with Crippen LogP contribution < -0.4 is 20.7 Å². The lowest BCUT2D eigenvalue weighted by atomic mass is 10.2. The molecule has 0 bridgehead atoms. The Balaban J connectivity index is 1.49. The third-order valence-corrected chi connectivity index (χ3v) is 4.98. The fourth-order valence-electron chi connectivity index (χ4n) is 3.41. The molecule has 3 aromatic rings. The highest BCUT2D eigenvalue weighted by Crippen LogP contribution is 2.32. The van der Waals surface area contributed by atoms with Crippen molar-refractivity contribution in [3.8, 4) is 0 Å². The third-order valence-electron chi connectivity index (χ3n) is 4.98. The van der Waals surface area contributed by atoms with Crippen LogP contribution in [-0.2, 0) is 0 Å². The van der Waals surface area contributed by atoms with Gasteiger partial charge in [-0.3, -0.25) is 30.7 Å². The molecule has 1 aromatic carbocycles. The normalized spacial score (nSPS) is 13.5. The van der Waals surface area contributed by atoms with Gasteiger partial charge in [-0.05, 0) is 24.3 Å². The molecule has 0 spiro atoms. The number of nitro groups is 1. The number of benzene rings is 1. The average molecular weight is 438 g/mol. The molecule has 32 heavy (non-hydrogen) atoms. The fourth-order valence-corrected chi connectivity index (χ4v) is 3.41. The van der Waals surface area contributed by atoms with Gasteiger partial charge in [0.15, 0.2) is 0 Å². The number of nitrogens with zero attached hydrogens (tertiary/aromatic N) is 6. The molecule has 0 unspecified atom stereocenters. The lowest BCUT2D eigenvalue weighted by Gasteiger charge is -2.36. The molecule has 0 saturated carbocycles. The van der Waals surface area contributed by atoms with Gasteiger partial charge in [-0.15, -0.1) is 0 Å². The van der Waals surface area contributed by atoms with Crippen molar-refractivity contribution in [3.63, 3.8) is 0 Å². The zero-order valence-electron chi connectivity index (χ0n) is 16.8. The molecule has 2 aromatic heterocycles. The summed E-state index contributed by atoms with van der Waals surface area (Å²) in [5.74, 6) is -0.860. The number of rotatable bonds is 6. The lowest BCUT2D eigenvalue weighted by Crippen LogP contribution is -2.47. The summed E-state index contributed by atoms with van der Waals surface area (Å²) >= 11 is 0. The highest BCUT2D eigenvalue weighted by atomic mass is 19.1. The summed E-state index contributed by atoms with van der Waals surface area (Å²) in [7, 11) is 0. The van der Waals surface area contributed by atoms with E-state index in [1.807, 2.05) is 4.90 Å². The van der Waals surface area contributed by atoms with Gasteiger partial charge in [-0.2, -0.15) is 0 Å². The first-order valence-electron chi connectivity index (χ1n) is 9.75. The smallest absolute Gasteiger partial charge is 0.355 e. The van der Waals surface area contributed by atoms with Crippen LogP contribution in [0.3, 0.4) is 0 Å². The number of pyridine rings is 1. The number of nitrogens with one attached hydrogen (secondary N) is 2. The number of para-hydroxylation sites is 1. The van der Waals surface area contributed by atoms with E-state index in [-0.39, 0.29) is 28.7 Å². The van der Waals surface area contributed by atoms with Gasteiger partial charge in [0, 0.05) is 38.6 Å². The molecular weight excluding hydrogens is 419 g/mol. The number of carbonyl (C=O) groups excluding carboxylic acids is 1. The van der Waals surface area contributed by atoms with Crippen LogP contribution in [-0.4, -0.2) is 52.0 Å². The van der Waals surface area contributed by atoms with Gasteiger partial charge in [0.05, 0.1) is 16.2 Å². The van der Waals surface area contributed by atoms with Gasteiger partial charge in [0.25, 0.3) is 5.91 Å². The molecule has 11 nitrogen and oxygen atoms in total. The van der Waals surface area contributed by atoms with Gasteiger partial charge < -0.3 is 9.80 Å². The van der Waals surface area contributed by atoms with Crippen LogP contribution in [0.15, 0.2) is 55.1 Å². The van der Waals surface area contributed by atoms with Crippen molar-refractivity contribution in [2.24, 2.45) is 0 Å². The number of hydrazine groups is 1. The van der Waals surface area contributed by atoms with Gasteiger partial charge in [-0.25, -0.2) is 14.4 Å². The first-order chi connectivity index (χ1) is 15.5. The highest BCUT2D eigenvalue weighted by molar-refractivity contribution is 5.94. The monoisotopic (exact) mass is 438 g/mol. The molecule has 4 rings (SSSR count). The Labute approximate surface area is 182 Å². The Morgan fingerprint density at radius 1 is 1.06 bits per heavy atom. The number of amides is 1. The van der Waals surface area contributed by atoms with Crippen LogP contribution in [0.1, 0.15) is 10.4 Å². The maximum atomic E-state index is 14.1. The SMILES string of the molecule is O=C(NNc1ncnc(N2CCN(c3ccccc3F)CC2)c1[N+](=O)[O-])c1cccnc1.